The van der Waals surface area contributed by atoms with Crippen LogP contribution in [0.15, 0.2) is 0 Å². The summed E-state index contributed by atoms with van der Waals surface area (Å²) in [6.45, 7) is 1.15. The van der Waals surface area contributed by atoms with Gasteiger partial charge in [-0.3, -0.25) is 0 Å². The zero-order valence-electron chi connectivity index (χ0n) is 20.2. The third kappa shape index (κ3) is 4.50. The zero-order chi connectivity index (χ0) is 33.5. The van der Waals surface area contributed by atoms with Gasteiger partial charge in [-0.1, -0.05) is 19.6 Å². The molecule has 0 N–H and O–H groups in total. The molecule has 23 heteroatoms. The second kappa shape index (κ2) is 9.60. The number of hydrogen-bond donors (Lipinski definition) is 0. The van der Waals surface area contributed by atoms with Crippen molar-refractivity contribution in [3.8, 4) is 0 Å². The van der Waals surface area contributed by atoms with E-state index in [1.165, 1.54) is 0 Å². The fourth-order valence-corrected chi connectivity index (χ4v) is 6.48. The van der Waals surface area contributed by atoms with Gasteiger partial charge < -0.3 is 4.74 Å². The lowest BCUT2D eigenvalue weighted by atomic mass is 9.84. The average molecular weight is 676 g/mol. The van der Waals surface area contributed by atoms with Gasteiger partial charge in [0.05, 0.1) is 8.07 Å². The average Bonchev–Trinajstić information content (AvgIpc) is 2.76. The topological polar surface area (TPSA) is 9.23 Å². The summed E-state index contributed by atoms with van der Waals surface area (Å²) in [4.78, 5) is 0. The van der Waals surface area contributed by atoms with E-state index in [2.05, 4.69) is 4.74 Å². The molecule has 0 spiro atoms. The molecule has 1 atom stereocenters. The lowest BCUT2D eigenvalue weighted by Gasteiger charge is -2.53. The van der Waals surface area contributed by atoms with Crippen molar-refractivity contribution in [2.45, 2.75) is 104 Å². The van der Waals surface area contributed by atoms with Crippen molar-refractivity contribution in [1.82, 2.24) is 0 Å². The molecule has 41 heavy (non-hydrogen) atoms. The SMILES string of the molecule is C[Si](C)(C)C1(C(F)(F)C(F)(F)C(F)(F)C(F)(F)C(F)(F)C(F)(F)C(F)(F)C(F)(F)C(F)(F)C(F)(F)F)CCCCO1. The van der Waals surface area contributed by atoms with Gasteiger partial charge in [-0.25, -0.2) is 0 Å². The Balaban J connectivity index is 3.91. The molecule has 1 aliphatic heterocycles. The van der Waals surface area contributed by atoms with Crippen LogP contribution in [0.5, 0.6) is 0 Å². The van der Waals surface area contributed by atoms with E-state index in [1.54, 1.807) is 0 Å². The molecule has 0 radical (unpaired) electrons. The van der Waals surface area contributed by atoms with Gasteiger partial charge in [-0.05, 0) is 19.3 Å². The van der Waals surface area contributed by atoms with Crippen LogP contribution in [-0.2, 0) is 4.74 Å². The summed E-state index contributed by atoms with van der Waals surface area (Å²) in [5.41, 5.74) is 0. The van der Waals surface area contributed by atoms with E-state index in [0.29, 0.717) is 19.6 Å². The van der Waals surface area contributed by atoms with Gasteiger partial charge in [0.15, 0.2) is 0 Å². The van der Waals surface area contributed by atoms with Crippen molar-refractivity contribution >= 4 is 8.07 Å². The predicted octanol–water partition coefficient (Wildman–Crippen LogP) is 9.08. The van der Waals surface area contributed by atoms with Gasteiger partial charge in [0, 0.05) is 6.61 Å². The summed E-state index contributed by atoms with van der Waals surface area (Å²) in [7, 11) is -4.24. The molecule has 0 aromatic heterocycles. The Kier molecular flexibility index (Phi) is 8.84. The molecule has 0 amide bonds. The Hall–Kier alpha value is -1.29. The van der Waals surface area contributed by atoms with Crippen LogP contribution in [0, 0.1) is 0 Å². The Morgan fingerprint density at radius 2 is 0.732 bits per heavy atom. The van der Waals surface area contributed by atoms with E-state index in [9.17, 15) is 83.4 Å². The number of ether oxygens (including phenoxy) is 1. The second-order valence-corrected chi connectivity index (χ2v) is 15.4. The molecule has 1 saturated heterocycles. The molecule has 0 saturated carbocycles. The van der Waals surface area contributed by atoms with Crippen molar-refractivity contribution in [1.29, 1.82) is 0 Å². The zero-order valence-corrected chi connectivity index (χ0v) is 21.2. The Bertz CT molecular complexity index is 954. The molecule has 1 heterocycles. The molecular weight excluding hydrogens is 659 g/mol. The minimum Gasteiger partial charge on any atom is -0.372 e. The third-order valence-electron chi connectivity index (χ3n) is 6.50. The first kappa shape index (κ1) is 37.7. The summed E-state index contributed by atoms with van der Waals surface area (Å²) in [5, 5.41) is -3.86. The fraction of sp³-hybridized carbons (Fsp3) is 1.00. The Morgan fingerprint density at radius 3 is 0.976 bits per heavy atom. The Morgan fingerprint density at radius 1 is 0.439 bits per heavy atom. The predicted molar refractivity (Wildman–Crippen MR) is 96.5 cm³/mol. The van der Waals surface area contributed by atoms with Gasteiger partial charge >= 0.3 is 59.5 Å². The molecule has 1 fully saturated rings. The molecule has 1 nitrogen and oxygen atoms in total. The van der Waals surface area contributed by atoms with Crippen molar-refractivity contribution in [3.63, 3.8) is 0 Å². The molecule has 1 rings (SSSR count). The maximum absolute atomic E-state index is 15.1. The molecule has 0 bridgehead atoms. The normalized spacial score (nSPS) is 22.2. The van der Waals surface area contributed by atoms with Gasteiger partial charge in [0.2, 0.25) is 0 Å². The molecule has 1 unspecified atom stereocenters. The number of halogens is 21. The van der Waals surface area contributed by atoms with Crippen LogP contribution in [0.25, 0.3) is 0 Å². The first-order valence-corrected chi connectivity index (χ1v) is 14.1. The van der Waals surface area contributed by atoms with E-state index in [0.717, 1.165) is 0 Å². The van der Waals surface area contributed by atoms with Gasteiger partial charge in [0.25, 0.3) is 0 Å². The summed E-state index contributed by atoms with van der Waals surface area (Å²) >= 11 is 0. The molecule has 0 aromatic rings. The molecule has 0 aliphatic carbocycles. The van der Waals surface area contributed by atoms with Crippen LogP contribution in [0.4, 0.5) is 92.2 Å². The van der Waals surface area contributed by atoms with E-state index >= 15 is 8.78 Å². The van der Waals surface area contributed by atoms with Gasteiger partial charge in [-0.15, -0.1) is 0 Å². The Labute approximate surface area is 216 Å². The number of alkyl halides is 21. The van der Waals surface area contributed by atoms with Crippen LogP contribution in [-0.4, -0.2) is 79.4 Å². The van der Waals surface area contributed by atoms with Gasteiger partial charge in [0.1, 0.15) is 5.22 Å². The quantitative estimate of drug-likeness (QED) is 0.166. The highest BCUT2D eigenvalue weighted by Crippen LogP contribution is 2.67. The van der Waals surface area contributed by atoms with Gasteiger partial charge in [-0.2, -0.15) is 92.2 Å². The van der Waals surface area contributed by atoms with Crippen molar-refractivity contribution in [3.05, 3.63) is 0 Å². The maximum Gasteiger partial charge on any atom is 0.460 e. The van der Waals surface area contributed by atoms with E-state index in [4.69, 9.17) is 0 Å². The van der Waals surface area contributed by atoms with Crippen LogP contribution < -0.4 is 0 Å². The highest BCUT2D eigenvalue weighted by atomic mass is 28.3. The summed E-state index contributed by atoms with van der Waals surface area (Å²) in [6, 6.07) is 0. The second-order valence-electron chi connectivity index (χ2n) is 10.0. The van der Waals surface area contributed by atoms with E-state index in [-0.39, 0.29) is 6.42 Å². The van der Waals surface area contributed by atoms with Crippen molar-refractivity contribution < 1.29 is 96.9 Å². The standard InChI is InChI=1S/C18H17F21OSi/c1-41(2,3)8(6-4-5-7-40-8)9(19,20)10(21,22)11(23,24)12(25,26)13(27,28)14(29,30)15(31,32)16(33,34)17(35,36)18(37,38)39/h4-7H2,1-3H3. The molecule has 1 aliphatic rings. The van der Waals surface area contributed by atoms with Crippen molar-refractivity contribution in [2.75, 3.05) is 6.61 Å². The first-order chi connectivity index (χ1) is 17.5. The van der Waals surface area contributed by atoms with Crippen LogP contribution >= 0.6 is 0 Å². The number of hydrogen-bond acceptors (Lipinski definition) is 1. The maximum atomic E-state index is 15.1. The van der Waals surface area contributed by atoms with E-state index < -0.39 is 92.2 Å². The van der Waals surface area contributed by atoms with E-state index in [1.807, 2.05) is 0 Å². The first-order valence-electron chi connectivity index (χ1n) is 10.6. The lowest BCUT2D eigenvalue weighted by Crippen LogP contribution is -2.80. The minimum absolute atomic E-state index is 0.226. The van der Waals surface area contributed by atoms with Crippen LogP contribution in [0.1, 0.15) is 19.3 Å². The summed E-state index contributed by atoms with van der Waals surface area (Å²) < 4.78 is 292. The summed E-state index contributed by atoms with van der Waals surface area (Å²) in [5.74, 6) is -77.0. The fourth-order valence-electron chi connectivity index (χ4n) is 3.92. The lowest BCUT2D eigenvalue weighted by molar-refractivity contribution is -0.477. The molecular formula is C18H17F21OSi. The highest BCUT2D eigenvalue weighted by molar-refractivity contribution is 6.79. The monoisotopic (exact) mass is 676 g/mol. The largest absolute Gasteiger partial charge is 0.460 e. The van der Waals surface area contributed by atoms with Crippen LogP contribution in [0.2, 0.25) is 19.6 Å². The highest BCUT2D eigenvalue weighted by Gasteiger charge is 2.98. The van der Waals surface area contributed by atoms with Crippen molar-refractivity contribution in [2.24, 2.45) is 0 Å². The third-order valence-corrected chi connectivity index (χ3v) is 9.63. The smallest absolute Gasteiger partial charge is 0.372 e. The molecule has 246 valence electrons. The summed E-state index contributed by atoms with van der Waals surface area (Å²) in [6.07, 6.45) is -10.1. The minimum atomic E-state index is -9.17. The number of rotatable bonds is 10. The molecule has 0 aromatic carbocycles. The van der Waals surface area contributed by atoms with Crippen LogP contribution in [0.3, 0.4) is 0 Å².